The molecule has 0 bridgehead atoms. The van der Waals surface area contributed by atoms with Crippen molar-refractivity contribution >= 4 is 38.9 Å². The number of aryl methyl sites for hydroxylation is 2. The number of fused-ring (bicyclic) bond motifs is 1. The van der Waals surface area contributed by atoms with Gasteiger partial charge in [-0.05, 0) is 74.8 Å². The van der Waals surface area contributed by atoms with Gasteiger partial charge in [-0.3, -0.25) is 4.98 Å². The van der Waals surface area contributed by atoms with E-state index in [0.717, 1.165) is 34.9 Å². The number of nitrogens with two attached hydrogens (primary N) is 1. The van der Waals surface area contributed by atoms with Gasteiger partial charge in [0.2, 0.25) is 11.8 Å². The first kappa shape index (κ1) is 24.3. The monoisotopic (exact) mass is 552 g/mol. The molecule has 1 aliphatic carbocycles. The van der Waals surface area contributed by atoms with Gasteiger partial charge >= 0.3 is 5.97 Å². The van der Waals surface area contributed by atoms with Crippen molar-refractivity contribution in [2.24, 2.45) is 18.9 Å². The number of pyridine rings is 1. The van der Waals surface area contributed by atoms with E-state index in [1.807, 2.05) is 19.2 Å². The number of anilines is 1. The van der Waals surface area contributed by atoms with Crippen LogP contribution in [0.25, 0.3) is 22.3 Å². The van der Waals surface area contributed by atoms with Crippen LogP contribution in [0.4, 0.5) is 5.95 Å². The molecular formula is C26H29BrN6O3. The Morgan fingerprint density at radius 2 is 2.08 bits per heavy atom. The van der Waals surface area contributed by atoms with Crippen LogP contribution in [0.2, 0.25) is 0 Å². The number of hydrogen-bond donors (Lipinski definition) is 2. The highest BCUT2D eigenvalue weighted by molar-refractivity contribution is 9.10. The molecule has 1 atom stereocenters. The Kier molecular flexibility index (Phi) is 6.70. The number of hydrogen-bond acceptors (Lipinski definition) is 6. The number of carboxylic acid groups (broad SMARTS) is 1. The van der Waals surface area contributed by atoms with Crippen molar-refractivity contribution in [3.63, 3.8) is 0 Å². The smallest absolute Gasteiger partial charge is 0.335 e. The summed E-state index contributed by atoms with van der Waals surface area (Å²) >= 11 is 3.56. The zero-order valence-corrected chi connectivity index (χ0v) is 21.9. The Morgan fingerprint density at radius 3 is 2.83 bits per heavy atom. The van der Waals surface area contributed by atoms with Crippen LogP contribution < -0.4 is 10.5 Å². The normalized spacial score (nSPS) is 14.3. The minimum Gasteiger partial charge on any atom is -0.478 e. The van der Waals surface area contributed by atoms with Gasteiger partial charge < -0.3 is 20.1 Å². The zero-order chi connectivity index (χ0) is 25.4. The van der Waals surface area contributed by atoms with E-state index in [9.17, 15) is 9.90 Å². The fraction of sp³-hybridized carbons (Fsp3) is 0.385. The Balaban J connectivity index is 1.26. The largest absolute Gasteiger partial charge is 0.478 e. The summed E-state index contributed by atoms with van der Waals surface area (Å²) in [5, 5.41) is 13.7. The molecule has 0 radical (unpaired) electrons. The molecule has 0 saturated heterocycles. The van der Waals surface area contributed by atoms with E-state index in [1.54, 1.807) is 29.9 Å². The van der Waals surface area contributed by atoms with Crippen molar-refractivity contribution in [3.8, 4) is 17.1 Å². The molecule has 5 rings (SSSR count). The summed E-state index contributed by atoms with van der Waals surface area (Å²) in [6, 6.07) is 9.15. The van der Waals surface area contributed by atoms with Crippen LogP contribution in [0.1, 0.15) is 41.7 Å². The van der Waals surface area contributed by atoms with Gasteiger partial charge in [0.1, 0.15) is 0 Å². The van der Waals surface area contributed by atoms with E-state index in [4.69, 9.17) is 10.5 Å². The summed E-state index contributed by atoms with van der Waals surface area (Å²) in [5.41, 5.74) is 10.3. The summed E-state index contributed by atoms with van der Waals surface area (Å²) in [6.07, 6.45) is 6.05. The van der Waals surface area contributed by atoms with E-state index in [2.05, 4.69) is 41.6 Å². The van der Waals surface area contributed by atoms with E-state index in [-0.39, 0.29) is 5.56 Å². The number of halogens is 1. The molecule has 3 N–H and O–H groups in total. The number of nitrogen functional groups attached to an aromatic ring is 1. The minimum absolute atomic E-state index is 0.193. The maximum atomic E-state index is 11.5. The Hall–Kier alpha value is -3.40. The topological polar surface area (TPSA) is 121 Å². The predicted molar refractivity (Wildman–Crippen MR) is 141 cm³/mol. The van der Waals surface area contributed by atoms with Crippen molar-refractivity contribution in [1.82, 2.24) is 24.3 Å². The molecule has 0 amide bonds. The average Bonchev–Trinajstić information content (AvgIpc) is 3.55. The van der Waals surface area contributed by atoms with Crippen molar-refractivity contribution in [1.29, 1.82) is 0 Å². The third-order valence-electron chi connectivity index (χ3n) is 6.76. The maximum Gasteiger partial charge on any atom is 0.335 e. The van der Waals surface area contributed by atoms with E-state index >= 15 is 0 Å². The predicted octanol–water partition coefficient (Wildman–Crippen LogP) is 5.07. The lowest BCUT2D eigenvalue weighted by molar-refractivity contribution is 0.0696. The van der Waals surface area contributed by atoms with Crippen LogP contribution in [0.3, 0.4) is 0 Å². The third kappa shape index (κ3) is 5.09. The number of benzene rings is 1. The minimum atomic E-state index is -0.988. The van der Waals surface area contributed by atoms with E-state index in [0.29, 0.717) is 47.2 Å². The lowest BCUT2D eigenvalue weighted by Crippen LogP contribution is -2.16. The highest BCUT2D eigenvalue weighted by Gasteiger charge is 2.32. The van der Waals surface area contributed by atoms with Crippen LogP contribution in [0.5, 0.6) is 5.88 Å². The molecule has 4 aromatic rings. The molecule has 1 fully saturated rings. The Morgan fingerprint density at radius 1 is 1.28 bits per heavy atom. The van der Waals surface area contributed by atoms with Crippen molar-refractivity contribution in [2.75, 3.05) is 12.3 Å². The number of carbonyl (C=O) groups is 1. The van der Waals surface area contributed by atoms with Crippen LogP contribution in [0.15, 0.2) is 41.0 Å². The molecule has 9 nitrogen and oxygen atoms in total. The molecule has 0 aliphatic heterocycles. The summed E-state index contributed by atoms with van der Waals surface area (Å²) in [5.74, 6) is 1.35. The lowest BCUT2D eigenvalue weighted by Gasteiger charge is -2.19. The highest BCUT2D eigenvalue weighted by Crippen LogP contribution is 2.41. The quantitative estimate of drug-likeness (QED) is 0.263. The first-order valence-corrected chi connectivity index (χ1v) is 12.9. The first-order valence-electron chi connectivity index (χ1n) is 12.1. The van der Waals surface area contributed by atoms with Crippen LogP contribution in [-0.4, -0.2) is 42.0 Å². The van der Waals surface area contributed by atoms with Gasteiger partial charge in [-0.25, -0.2) is 14.5 Å². The molecule has 1 aromatic carbocycles. The van der Waals surface area contributed by atoms with Crippen LogP contribution in [0, 0.1) is 18.8 Å². The standard InChI is InChI=1S/C26H29BrN6O3/c1-15-10-18(25(34)35)11-22(30-15)20-13-29-32(2)24(20)36-9-3-4-17(16-5-6-16)14-33-23-12-19(27)7-8-21(23)31-26(33)28/h7-8,10-13,16-17H,3-6,9,14H2,1-2H3,(H2,28,31)(H,34,35)/t17-/m1/s1. The second-order valence-electron chi connectivity index (χ2n) is 9.48. The third-order valence-corrected chi connectivity index (χ3v) is 7.26. The molecule has 0 spiro atoms. The number of aromatic nitrogens is 5. The van der Waals surface area contributed by atoms with Gasteiger partial charge in [-0.15, -0.1) is 0 Å². The van der Waals surface area contributed by atoms with Gasteiger partial charge in [-0.1, -0.05) is 15.9 Å². The first-order chi connectivity index (χ1) is 17.3. The summed E-state index contributed by atoms with van der Waals surface area (Å²) < 4.78 is 11.0. The second kappa shape index (κ2) is 9.93. The molecule has 188 valence electrons. The average molecular weight is 553 g/mol. The number of nitrogens with zero attached hydrogens (tertiary/aromatic N) is 5. The molecule has 0 unspecified atom stereocenters. The molecule has 1 aliphatic rings. The molecule has 3 heterocycles. The molecular weight excluding hydrogens is 524 g/mol. The zero-order valence-electron chi connectivity index (χ0n) is 20.3. The van der Waals surface area contributed by atoms with Crippen molar-refractivity contribution in [3.05, 3.63) is 52.3 Å². The second-order valence-corrected chi connectivity index (χ2v) is 10.4. The number of imidazole rings is 1. The van der Waals surface area contributed by atoms with Gasteiger partial charge in [0.05, 0.1) is 40.7 Å². The van der Waals surface area contributed by atoms with E-state index < -0.39 is 5.97 Å². The number of rotatable bonds is 10. The van der Waals surface area contributed by atoms with Gasteiger partial charge in [0, 0.05) is 23.8 Å². The fourth-order valence-electron chi connectivity index (χ4n) is 4.80. The van der Waals surface area contributed by atoms with Gasteiger partial charge in [-0.2, -0.15) is 5.10 Å². The maximum absolute atomic E-state index is 11.5. The molecule has 10 heteroatoms. The summed E-state index contributed by atoms with van der Waals surface area (Å²) in [6.45, 7) is 3.14. The molecule has 36 heavy (non-hydrogen) atoms. The lowest BCUT2D eigenvalue weighted by atomic mass is 9.97. The highest BCUT2D eigenvalue weighted by atomic mass is 79.9. The number of ether oxygens (including phenoxy) is 1. The van der Waals surface area contributed by atoms with E-state index in [1.165, 1.54) is 12.8 Å². The Bertz CT molecular complexity index is 1420. The van der Waals surface area contributed by atoms with Gasteiger partial charge in [0.15, 0.2) is 0 Å². The van der Waals surface area contributed by atoms with Gasteiger partial charge in [0.25, 0.3) is 0 Å². The summed E-state index contributed by atoms with van der Waals surface area (Å²) in [4.78, 5) is 20.5. The number of carboxylic acids is 1. The van der Waals surface area contributed by atoms with Crippen molar-refractivity contribution < 1.29 is 14.6 Å². The van der Waals surface area contributed by atoms with Crippen LogP contribution >= 0.6 is 15.9 Å². The number of aromatic carboxylic acids is 1. The van der Waals surface area contributed by atoms with Crippen molar-refractivity contribution in [2.45, 2.75) is 39.2 Å². The SMILES string of the molecule is Cc1cc(C(=O)O)cc(-c2cnn(C)c2OCCC[C@H](Cn2c(N)nc3ccc(Br)cc32)C2CC2)n1. The Labute approximate surface area is 217 Å². The molecule has 3 aromatic heterocycles. The molecule has 1 saturated carbocycles. The summed E-state index contributed by atoms with van der Waals surface area (Å²) in [7, 11) is 1.81. The fourth-order valence-corrected chi connectivity index (χ4v) is 5.15. The van der Waals surface area contributed by atoms with Crippen LogP contribution in [-0.2, 0) is 13.6 Å².